The molecule has 0 aliphatic heterocycles. The Morgan fingerprint density at radius 2 is 1.82 bits per heavy atom. The molecule has 2 N–H and O–H groups in total. The van der Waals surface area contributed by atoms with Crippen molar-refractivity contribution < 1.29 is 13.3 Å². The maximum atomic E-state index is 14.3. The molecular formula is C29H26F2N6O2S. The monoisotopic (exact) mass is 560 g/mol. The van der Waals surface area contributed by atoms with Crippen molar-refractivity contribution in [3.8, 4) is 28.5 Å². The third kappa shape index (κ3) is 4.86. The number of benzene rings is 3. The first-order chi connectivity index (χ1) is 19.0. The normalized spacial score (nSPS) is 13.6. The van der Waals surface area contributed by atoms with Crippen LogP contribution in [0.3, 0.4) is 0 Å². The molecule has 5 aromatic rings. The highest BCUT2D eigenvalue weighted by atomic mass is 32.2. The van der Waals surface area contributed by atoms with Crippen LogP contribution in [-0.4, -0.2) is 35.7 Å². The van der Waals surface area contributed by atoms with Crippen LogP contribution in [0.4, 0.5) is 8.78 Å². The van der Waals surface area contributed by atoms with E-state index in [-0.39, 0.29) is 16.5 Å². The number of alkyl halides is 2. The number of aromatic amines is 1. The van der Waals surface area contributed by atoms with E-state index in [9.17, 15) is 23.4 Å². The second-order valence-corrected chi connectivity index (χ2v) is 12.4. The van der Waals surface area contributed by atoms with Gasteiger partial charge >= 0.3 is 0 Å². The van der Waals surface area contributed by atoms with Crippen molar-refractivity contribution in [2.24, 2.45) is 7.05 Å². The molecule has 40 heavy (non-hydrogen) atoms. The molecule has 8 nitrogen and oxygen atoms in total. The topological polar surface area (TPSA) is 122 Å². The van der Waals surface area contributed by atoms with E-state index >= 15 is 0 Å². The van der Waals surface area contributed by atoms with Crippen LogP contribution >= 0.6 is 0 Å². The zero-order chi connectivity index (χ0) is 28.8. The standard InChI is InChI=1S/C29H26F2N6O2S/c1-29(2,3)40(39)36-25(27(30)31)24-21-13-17(10-12-20(21)28(38)35-34-24)23-15-33-37(4)26(23)19-11-9-16-7-5-6-8-18(16)22(19)14-32/h5-13,15,25,27,36H,1-4H3,(H,35,38). The van der Waals surface area contributed by atoms with Crippen molar-refractivity contribution in [1.29, 1.82) is 5.26 Å². The van der Waals surface area contributed by atoms with E-state index in [1.807, 2.05) is 36.4 Å². The van der Waals surface area contributed by atoms with Gasteiger partial charge in [-0.3, -0.25) is 9.48 Å². The number of halogens is 2. The molecule has 0 aliphatic carbocycles. The van der Waals surface area contributed by atoms with Crippen LogP contribution in [0, 0.1) is 11.3 Å². The number of nitrogens with zero attached hydrogens (tertiary/aromatic N) is 4. The summed E-state index contributed by atoms with van der Waals surface area (Å²) in [6, 6.07) is 16.8. The number of aromatic nitrogens is 4. The van der Waals surface area contributed by atoms with Gasteiger partial charge in [-0.25, -0.2) is 13.9 Å². The lowest BCUT2D eigenvalue weighted by molar-refractivity contribution is 0.107. The molecule has 0 amide bonds. The summed E-state index contributed by atoms with van der Waals surface area (Å²) in [5, 5.41) is 22.8. The second-order valence-electron chi connectivity index (χ2n) is 10.4. The predicted molar refractivity (Wildman–Crippen MR) is 152 cm³/mol. The Morgan fingerprint density at radius 1 is 1.07 bits per heavy atom. The fourth-order valence-corrected chi connectivity index (χ4v) is 5.47. The van der Waals surface area contributed by atoms with E-state index in [0.717, 1.165) is 10.8 Å². The lowest BCUT2D eigenvalue weighted by atomic mass is 9.93. The van der Waals surface area contributed by atoms with Gasteiger partial charge in [0.1, 0.15) is 10.8 Å². The number of fused-ring (bicyclic) bond motifs is 2. The molecule has 0 saturated heterocycles. The maximum absolute atomic E-state index is 14.3. The van der Waals surface area contributed by atoms with Gasteiger partial charge in [-0.15, -0.1) is 4.72 Å². The number of nitrogens with one attached hydrogen (secondary N) is 2. The van der Waals surface area contributed by atoms with E-state index in [2.05, 4.69) is 26.1 Å². The minimum absolute atomic E-state index is 0.127. The first-order valence-electron chi connectivity index (χ1n) is 12.4. The van der Waals surface area contributed by atoms with E-state index in [1.165, 1.54) is 0 Å². The van der Waals surface area contributed by atoms with Gasteiger partial charge in [-0.1, -0.05) is 42.5 Å². The number of H-pyrrole nitrogens is 1. The molecule has 0 saturated carbocycles. The van der Waals surface area contributed by atoms with Gasteiger partial charge in [0.15, 0.2) is 6.04 Å². The summed E-state index contributed by atoms with van der Waals surface area (Å²) in [7, 11) is 1.76. The molecule has 2 unspecified atom stereocenters. The molecule has 2 heterocycles. The quantitative estimate of drug-likeness (QED) is 0.269. The SMILES string of the molecule is Cn1ncc(-c2ccc3c(=O)[nH]nc(C(N[S+]([O-])C(C)(C)C)C(F)F)c3c2)c1-c1ccc2ccccc2c1C#N. The second kappa shape index (κ2) is 10.5. The summed E-state index contributed by atoms with van der Waals surface area (Å²) in [6.07, 6.45) is -1.33. The summed E-state index contributed by atoms with van der Waals surface area (Å²) in [5.41, 5.74) is 2.36. The van der Waals surface area contributed by atoms with Crippen molar-refractivity contribution in [3.63, 3.8) is 0 Å². The first-order valence-corrected chi connectivity index (χ1v) is 13.6. The smallest absolute Gasteiger partial charge is 0.272 e. The van der Waals surface area contributed by atoms with Crippen molar-refractivity contribution in [2.75, 3.05) is 0 Å². The van der Waals surface area contributed by atoms with Gasteiger partial charge in [0.05, 0.1) is 28.5 Å². The largest absolute Gasteiger partial charge is 0.598 e. The Morgan fingerprint density at radius 3 is 2.52 bits per heavy atom. The van der Waals surface area contributed by atoms with E-state index in [0.29, 0.717) is 27.9 Å². The van der Waals surface area contributed by atoms with Crippen molar-refractivity contribution in [2.45, 2.75) is 38.0 Å². The summed E-state index contributed by atoms with van der Waals surface area (Å²) in [4.78, 5) is 12.6. The van der Waals surface area contributed by atoms with E-state index in [1.54, 1.807) is 56.9 Å². The third-order valence-corrected chi connectivity index (χ3v) is 8.28. The Kier molecular flexibility index (Phi) is 7.18. The number of nitriles is 1. The fourth-order valence-electron chi connectivity index (χ4n) is 4.67. The van der Waals surface area contributed by atoms with E-state index in [4.69, 9.17) is 0 Å². The van der Waals surface area contributed by atoms with Gasteiger partial charge < -0.3 is 4.55 Å². The Labute approximate surface area is 232 Å². The minimum atomic E-state index is -2.96. The van der Waals surface area contributed by atoms with Crippen LogP contribution in [0.1, 0.15) is 38.1 Å². The van der Waals surface area contributed by atoms with Gasteiger partial charge in [0.25, 0.3) is 12.0 Å². The fraction of sp³-hybridized carbons (Fsp3) is 0.241. The molecule has 3 aromatic carbocycles. The lowest BCUT2D eigenvalue weighted by Gasteiger charge is -2.27. The molecule has 0 spiro atoms. The first kappa shape index (κ1) is 27.5. The van der Waals surface area contributed by atoms with Gasteiger partial charge in [0, 0.05) is 40.3 Å². The highest BCUT2D eigenvalue weighted by Gasteiger charge is 2.36. The summed E-state index contributed by atoms with van der Waals surface area (Å²) < 4.78 is 44.7. The summed E-state index contributed by atoms with van der Waals surface area (Å²) in [6.45, 7) is 5.00. The Bertz CT molecular complexity index is 1840. The molecule has 2 atom stereocenters. The van der Waals surface area contributed by atoms with Crippen LogP contribution in [0.2, 0.25) is 0 Å². The Hall–Kier alpha value is -4.11. The van der Waals surface area contributed by atoms with Crippen LogP contribution in [-0.2, 0) is 18.4 Å². The number of rotatable bonds is 6. The molecule has 0 bridgehead atoms. The highest BCUT2D eigenvalue weighted by molar-refractivity contribution is 7.90. The highest BCUT2D eigenvalue weighted by Crippen LogP contribution is 2.38. The molecule has 2 aromatic heterocycles. The van der Waals surface area contributed by atoms with Crippen LogP contribution in [0.15, 0.2) is 65.6 Å². The predicted octanol–water partition coefficient (Wildman–Crippen LogP) is 5.37. The third-order valence-electron chi connectivity index (χ3n) is 6.70. The summed E-state index contributed by atoms with van der Waals surface area (Å²) >= 11 is -1.82. The van der Waals surface area contributed by atoms with Crippen LogP contribution in [0.5, 0.6) is 0 Å². The minimum Gasteiger partial charge on any atom is -0.598 e. The molecular weight excluding hydrogens is 534 g/mol. The average Bonchev–Trinajstić information content (AvgIpc) is 3.31. The molecule has 0 aliphatic rings. The zero-order valence-electron chi connectivity index (χ0n) is 22.2. The summed E-state index contributed by atoms with van der Waals surface area (Å²) in [5.74, 6) is 0. The molecule has 0 radical (unpaired) electrons. The molecule has 0 fully saturated rings. The van der Waals surface area contributed by atoms with Crippen molar-refractivity contribution in [1.82, 2.24) is 24.7 Å². The van der Waals surface area contributed by atoms with E-state index < -0.39 is 34.1 Å². The van der Waals surface area contributed by atoms with Crippen LogP contribution < -0.4 is 10.3 Å². The number of hydrogen-bond donors (Lipinski definition) is 2. The zero-order valence-corrected chi connectivity index (χ0v) is 23.0. The average molecular weight is 561 g/mol. The number of hydrogen-bond acceptors (Lipinski definition) is 6. The molecule has 204 valence electrons. The number of aryl methyl sites for hydroxylation is 1. The van der Waals surface area contributed by atoms with Gasteiger partial charge in [-0.05, 0) is 43.9 Å². The Balaban J connectivity index is 1.71. The van der Waals surface area contributed by atoms with Gasteiger partial charge in [-0.2, -0.15) is 15.5 Å². The maximum Gasteiger partial charge on any atom is 0.272 e. The molecule has 11 heteroatoms. The van der Waals surface area contributed by atoms with Crippen molar-refractivity contribution >= 4 is 32.9 Å². The van der Waals surface area contributed by atoms with Crippen LogP contribution in [0.25, 0.3) is 43.9 Å². The van der Waals surface area contributed by atoms with Crippen molar-refractivity contribution in [3.05, 3.63) is 82.4 Å². The molecule has 5 rings (SSSR count). The van der Waals surface area contributed by atoms with Gasteiger partial charge in [0.2, 0.25) is 0 Å². The lowest BCUT2D eigenvalue weighted by Crippen LogP contribution is -2.43.